The summed E-state index contributed by atoms with van der Waals surface area (Å²) in [5.74, 6) is -0.0372. The van der Waals surface area contributed by atoms with E-state index in [1.807, 2.05) is 48.4 Å². The Morgan fingerprint density at radius 1 is 1.15 bits per heavy atom. The molecule has 0 saturated carbocycles. The summed E-state index contributed by atoms with van der Waals surface area (Å²) in [4.78, 5) is 22.7. The van der Waals surface area contributed by atoms with Crippen LogP contribution in [0.5, 0.6) is 0 Å². The summed E-state index contributed by atoms with van der Waals surface area (Å²) in [6, 6.07) is 13.9. The van der Waals surface area contributed by atoms with Crippen LogP contribution in [0.25, 0.3) is 10.9 Å². The van der Waals surface area contributed by atoms with E-state index >= 15 is 0 Å². The monoisotopic (exact) mass is 357 g/mol. The smallest absolute Gasteiger partial charge is 0.275 e. The van der Waals surface area contributed by atoms with Crippen LogP contribution >= 0.6 is 0 Å². The van der Waals surface area contributed by atoms with Gasteiger partial charge in [-0.1, -0.05) is 24.3 Å². The van der Waals surface area contributed by atoms with Crippen LogP contribution in [-0.2, 0) is 6.42 Å². The van der Waals surface area contributed by atoms with Crippen LogP contribution in [0.2, 0.25) is 0 Å². The van der Waals surface area contributed by atoms with Gasteiger partial charge in [-0.3, -0.25) is 14.9 Å². The third-order valence-electron chi connectivity index (χ3n) is 5.31. The maximum atomic E-state index is 13.0. The van der Waals surface area contributed by atoms with Gasteiger partial charge in [0.1, 0.15) is 6.04 Å². The molecule has 4 heterocycles. The molecule has 0 fully saturated rings. The van der Waals surface area contributed by atoms with E-state index in [1.54, 1.807) is 6.20 Å². The first-order valence-electron chi connectivity index (χ1n) is 9.06. The Labute approximate surface area is 156 Å². The van der Waals surface area contributed by atoms with Crippen molar-refractivity contribution in [2.45, 2.75) is 19.4 Å². The maximum Gasteiger partial charge on any atom is 0.275 e. The second kappa shape index (κ2) is 6.09. The molecule has 0 spiro atoms. The zero-order valence-corrected chi connectivity index (χ0v) is 14.9. The number of hydrogen-bond donors (Lipinski definition) is 2. The van der Waals surface area contributed by atoms with Gasteiger partial charge in [0.2, 0.25) is 0 Å². The number of aromatic amines is 2. The van der Waals surface area contributed by atoms with E-state index in [2.05, 4.69) is 32.3 Å². The van der Waals surface area contributed by atoms with Gasteiger partial charge in [-0.15, -0.1) is 0 Å². The summed E-state index contributed by atoms with van der Waals surface area (Å²) < 4.78 is 0. The number of pyridine rings is 1. The second-order valence-corrected chi connectivity index (χ2v) is 6.88. The molecule has 2 N–H and O–H groups in total. The predicted octanol–water partition coefficient (Wildman–Crippen LogP) is 3.38. The minimum Gasteiger partial charge on any atom is -0.361 e. The van der Waals surface area contributed by atoms with E-state index in [0.29, 0.717) is 12.2 Å². The van der Waals surface area contributed by atoms with E-state index in [-0.39, 0.29) is 11.9 Å². The van der Waals surface area contributed by atoms with Crippen molar-refractivity contribution in [2.24, 2.45) is 0 Å². The van der Waals surface area contributed by atoms with Crippen LogP contribution in [0.4, 0.5) is 0 Å². The first-order valence-corrected chi connectivity index (χ1v) is 9.06. The van der Waals surface area contributed by atoms with Gasteiger partial charge in [0, 0.05) is 41.1 Å². The number of para-hydroxylation sites is 1. The molecule has 0 aliphatic carbocycles. The lowest BCUT2D eigenvalue weighted by Crippen LogP contribution is -2.32. The van der Waals surface area contributed by atoms with Crippen molar-refractivity contribution in [1.29, 1.82) is 0 Å². The van der Waals surface area contributed by atoms with Crippen LogP contribution in [0.1, 0.15) is 39.0 Å². The first-order chi connectivity index (χ1) is 13.2. The Kier molecular flexibility index (Phi) is 3.57. The number of nitrogens with one attached hydrogen (secondary N) is 2. The molecule has 6 nitrogen and oxygen atoms in total. The van der Waals surface area contributed by atoms with Crippen LogP contribution in [0.3, 0.4) is 0 Å². The Balaban J connectivity index is 1.50. The largest absolute Gasteiger partial charge is 0.361 e. The number of carbonyl (C=O) groups excluding carboxylic acids is 1. The van der Waals surface area contributed by atoms with Gasteiger partial charge in [0.15, 0.2) is 5.69 Å². The topological polar surface area (TPSA) is 77.7 Å². The summed E-state index contributed by atoms with van der Waals surface area (Å²) in [5.41, 5.74) is 5.57. The van der Waals surface area contributed by atoms with Crippen molar-refractivity contribution >= 4 is 16.8 Å². The highest BCUT2D eigenvalue weighted by atomic mass is 16.2. The Bertz CT molecular complexity index is 1130. The number of H-pyrrole nitrogens is 2. The third-order valence-corrected chi connectivity index (χ3v) is 5.31. The fourth-order valence-electron chi connectivity index (χ4n) is 4.00. The van der Waals surface area contributed by atoms with Gasteiger partial charge in [0.05, 0.1) is 5.69 Å². The molecule has 1 aliphatic rings. The van der Waals surface area contributed by atoms with E-state index < -0.39 is 0 Å². The summed E-state index contributed by atoms with van der Waals surface area (Å²) in [7, 11) is 0. The highest BCUT2D eigenvalue weighted by Gasteiger charge is 2.41. The summed E-state index contributed by atoms with van der Waals surface area (Å²) >= 11 is 0. The second-order valence-electron chi connectivity index (χ2n) is 6.88. The van der Waals surface area contributed by atoms with Crippen LogP contribution < -0.4 is 0 Å². The summed E-state index contributed by atoms with van der Waals surface area (Å²) in [5, 5.41) is 8.40. The van der Waals surface area contributed by atoms with E-state index in [9.17, 15) is 4.79 Å². The number of amides is 1. The molecule has 1 aliphatic heterocycles. The lowest BCUT2D eigenvalue weighted by Gasteiger charge is -2.25. The van der Waals surface area contributed by atoms with E-state index in [1.165, 1.54) is 10.9 Å². The number of aromatic nitrogens is 4. The van der Waals surface area contributed by atoms with Gasteiger partial charge in [-0.2, -0.15) is 5.10 Å². The predicted molar refractivity (Wildman–Crippen MR) is 102 cm³/mol. The normalized spacial score (nSPS) is 16.3. The van der Waals surface area contributed by atoms with Gasteiger partial charge in [-0.05, 0) is 37.1 Å². The molecule has 1 atom stereocenters. The van der Waals surface area contributed by atoms with Crippen LogP contribution in [0, 0.1) is 6.92 Å². The van der Waals surface area contributed by atoms with Gasteiger partial charge >= 0.3 is 0 Å². The Hall–Kier alpha value is -3.41. The molecule has 1 amide bonds. The van der Waals surface area contributed by atoms with E-state index in [4.69, 9.17) is 0 Å². The molecule has 6 heteroatoms. The van der Waals surface area contributed by atoms with Gasteiger partial charge in [-0.25, -0.2) is 0 Å². The van der Waals surface area contributed by atoms with Crippen molar-refractivity contribution in [3.05, 3.63) is 83.1 Å². The SMILES string of the molecule is Cc1[nH]nc2c1[C@H](c1ccccn1)N(CCc1c[nH]c3ccccc13)C2=O. The number of fused-ring (bicyclic) bond motifs is 2. The van der Waals surface area contributed by atoms with Crippen molar-refractivity contribution in [2.75, 3.05) is 6.54 Å². The number of hydrogen-bond acceptors (Lipinski definition) is 3. The summed E-state index contributed by atoms with van der Waals surface area (Å²) in [6.07, 6.45) is 4.57. The maximum absolute atomic E-state index is 13.0. The molecule has 0 unspecified atom stereocenters. The van der Waals surface area contributed by atoms with E-state index in [0.717, 1.165) is 28.9 Å². The Morgan fingerprint density at radius 2 is 2.00 bits per heavy atom. The number of nitrogens with zero attached hydrogens (tertiary/aromatic N) is 3. The number of aryl methyl sites for hydroxylation is 1. The molecule has 4 aromatic rings. The molecule has 0 bridgehead atoms. The molecular weight excluding hydrogens is 338 g/mol. The lowest BCUT2D eigenvalue weighted by molar-refractivity contribution is 0.0743. The summed E-state index contributed by atoms with van der Waals surface area (Å²) in [6.45, 7) is 2.57. The van der Waals surface area contributed by atoms with Crippen molar-refractivity contribution in [3.63, 3.8) is 0 Å². The standard InChI is InChI=1S/C21H19N5O/c1-13-18-19(25-24-13)21(27)26(20(18)17-8-4-5-10-22-17)11-9-14-12-23-16-7-3-2-6-15(14)16/h2-8,10,12,20,23H,9,11H2,1H3,(H,24,25)/t20-/m0/s1. The molecule has 134 valence electrons. The molecule has 3 aromatic heterocycles. The average Bonchev–Trinajstić information content (AvgIpc) is 3.36. The lowest BCUT2D eigenvalue weighted by atomic mass is 10.0. The minimum absolute atomic E-state index is 0.0372. The molecular formula is C21H19N5O. The molecule has 5 rings (SSSR count). The van der Waals surface area contributed by atoms with Crippen LogP contribution in [0.15, 0.2) is 54.9 Å². The number of carbonyl (C=O) groups is 1. The molecule has 0 radical (unpaired) electrons. The van der Waals surface area contributed by atoms with Crippen molar-refractivity contribution in [1.82, 2.24) is 25.1 Å². The highest BCUT2D eigenvalue weighted by Crippen LogP contribution is 2.38. The molecule has 0 saturated heterocycles. The first kappa shape index (κ1) is 15.8. The minimum atomic E-state index is -0.197. The zero-order valence-electron chi connectivity index (χ0n) is 14.9. The van der Waals surface area contributed by atoms with Gasteiger partial charge < -0.3 is 9.88 Å². The average molecular weight is 357 g/mol. The number of benzene rings is 1. The Morgan fingerprint density at radius 3 is 2.85 bits per heavy atom. The van der Waals surface area contributed by atoms with Crippen molar-refractivity contribution in [3.8, 4) is 0 Å². The van der Waals surface area contributed by atoms with Crippen LogP contribution in [-0.4, -0.2) is 37.5 Å². The fourth-order valence-corrected chi connectivity index (χ4v) is 4.00. The molecule has 1 aromatic carbocycles. The third kappa shape index (κ3) is 2.44. The highest BCUT2D eigenvalue weighted by molar-refractivity contribution is 5.98. The quantitative estimate of drug-likeness (QED) is 0.588. The fraction of sp³-hybridized carbons (Fsp3) is 0.190. The number of rotatable bonds is 4. The zero-order chi connectivity index (χ0) is 18.4. The van der Waals surface area contributed by atoms with Crippen molar-refractivity contribution < 1.29 is 4.79 Å². The molecule has 27 heavy (non-hydrogen) atoms. The van der Waals surface area contributed by atoms with Gasteiger partial charge in [0.25, 0.3) is 5.91 Å².